The van der Waals surface area contributed by atoms with Gasteiger partial charge in [0.1, 0.15) is 11.3 Å². The van der Waals surface area contributed by atoms with Crippen molar-refractivity contribution in [2.45, 2.75) is 31.2 Å². The molecule has 1 saturated heterocycles. The second-order valence-corrected chi connectivity index (χ2v) is 5.36. The molecule has 1 aliphatic rings. The third-order valence-electron chi connectivity index (χ3n) is 3.29. The van der Waals surface area contributed by atoms with Gasteiger partial charge in [-0.15, -0.1) is 0 Å². The normalized spacial score (nSPS) is 29.0. The van der Waals surface area contributed by atoms with Crippen LogP contribution in [0.5, 0.6) is 0 Å². The zero-order valence-corrected chi connectivity index (χ0v) is 11.5. The van der Waals surface area contributed by atoms with Crippen LogP contribution < -0.4 is 5.32 Å². The summed E-state index contributed by atoms with van der Waals surface area (Å²) in [6.45, 7) is 2.66. The van der Waals surface area contributed by atoms with Gasteiger partial charge in [-0.1, -0.05) is 0 Å². The number of esters is 1. The van der Waals surface area contributed by atoms with E-state index in [1.54, 1.807) is 0 Å². The lowest BCUT2D eigenvalue weighted by atomic mass is 9.82. The van der Waals surface area contributed by atoms with Crippen LogP contribution >= 0.6 is 15.9 Å². The van der Waals surface area contributed by atoms with Crippen LogP contribution in [0, 0.1) is 0 Å². The van der Waals surface area contributed by atoms with Crippen molar-refractivity contribution in [3.63, 3.8) is 0 Å². The second kappa shape index (κ2) is 4.82. The van der Waals surface area contributed by atoms with E-state index in [4.69, 9.17) is 9.15 Å². The van der Waals surface area contributed by atoms with Crippen molar-refractivity contribution < 1.29 is 13.9 Å². The fourth-order valence-electron chi connectivity index (χ4n) is 2.36. The van der Waals surface area contributed by atoms with Crippen molar-refractivity contribution >= 4 is 21.9 Å². The second-order valence-electron chi connectivity index (χ2n) is 4.58. The molecule has 1 aromatic rings. The van der Waals surface area contributed by atoms with Gasteiger partial charge in [0.25, 0.3) is 0 Å². The van der Waals surface area contributed by atoms with Gasteiger partial charge in [0, 0.05) is 5.92 Å². The standard InChI is InChI=1S/C12H16BrNO3/c1-12(11(15)16-2)7-8(5-6-14-12)9-3-4-10(13)17-9/h3-4,8,14H,5-7H2,1-2H3. The summed E-state index contributed by atoms with van der Waals surface area (Å²) < 4.78 is 11.1. The topological polar surface area (TPSA) is 51.5 Å². The first-order valence-corrected chi connectivity index (χ1v) is 6.43. The molecule has 5 heteroatoms. The molecule has 1 aromatic heterocycles. The van der Waals surface area contributed by atoms with Crippen molar-refractivity contribution in [3.8, 4) is 0 Å². The first-order chi connectivity index (χ1) is 8.05. The van der Waals surface area contributed by atoms with Crippen LogP contribution in [-0.2, 0) is 9.53 Å². The summed E-state index contributed by atoms with van der Waals surface area (Å²) in [7, 11) is 1.42. The lowest BCUT2D eigenvalue weighted by molar-refractivity contribution is -0.149. The van der Waals surface area contributed by atoms with E-state index >= 15 is 0 Å². The van der Waals surface area contributed by atoms with Crippen LogP contribution in [0.1, 0.15) is 31.4 Å². The quantitative estimate of drug-likeness (QED) is 0.853. The summed E-state index contributed by atoms with van der Waals surface area (Å²) in [5.74, 6) is 0.966. The number of piperidine rings is 1. The number of hydrogen-bond donors (Lipinski definition) is 1. The molecule has 2 unspecified atom stereocenters. The molecule has 0 aliphatic carbocycles. The van der Waals surface area contributed by atoms with Gasteiger partial charge in [0.05, 0.1) is 7.11 Å². The highest BCUT2D eigenvalue weighted by Crippen LogP contribution is 2.34. The average molecular weight is 302 g/mol. The van der Waals surface area contributed by atoms with Gasteiger partial charge >= 0.3 is 5.97 Å². The highest BCUT2D eigenvalue weighted by molar-refractivity contribution is 9.10. The summed E-state index contributed by atoms with van der Waals surface area (Å²) in [4.78, 5) is 11.7. The molecule has 0 bridgehead atoms. The molecule has 2 rings (SSSR count). The first-order valence-electron chi connectivity index (χ1n) is 5.64. The lowest BCUT2D eigenvalue weighted by Crippen LogP contribution is -2.54. The van der Waals surface area contributed by atoms with Crippen LogP contribution in [0.4, 0.5) is 0 Å². The van der Waals surface area contributed by atoms with Gasteiger partial charge < -0.3 is 14.5 Å². The molecule has 4 nitrogen and oxygen atoms in total. The summed E-state index contributed by atoms with van der Waals surface area (Å²) >= 11 is 3.30. The number of nitrogens with one attached hydrogen (secondary N) is 1. The Bertz CT molecular complexity index is 418. The maximum absolute atomic E-state index is 11.7. The highest BCUT2D eigenvalue weighted by atomic mass is 79.9. The monoisotopic (exact) mass is 301 g/mol. The molecule has 0 amide bonds. The molecule has 0 aromatic carbocycles. The van der Waals surface area contributed by atoms with Crippen molar-refractivity contribution in [1.82, 2.24) is 5.32 Å². The Morgan fingerprint density at radius 1 is 1.65 bits per heavy atom. The minimum atomic E-state index is -0.614. The molecule has 2 heterocycles. The lowest BCUT2D eigenvalue weighted by Gasteiger charge is -2.36. The zero-order valence-electron chi connectivity index (χ0n) is 9.96. The predicted octanol–water partition coefficient (Wildman–Crippen LogP) is 2.44. The number of methoxy groups -OCH3 is 1. The molecule has 17 heavy (non-hydrogen) atoms. The van der Waals surface area contributed by atoms with Gasteiger partial charge in [-0.3, -0.25) is 4.79 Å². The molecule has 1 fully saturated rings. The minimum absolute atomic E-state index is 0.215. The maximum Gasteiger partial charge on any atom is 0.325 e. The van der Waals surface area contributed by atoms with Gasteiger partial charge in [-0.2, -0.15) is 0 Å². The Morgan fingerprint density at radius 2 is 2.41 bits per heavy atom. The molecular formula is C12H16BrNO3. The third-order valence-corrected chi connectivity index (χ3v) is 3.72. The van der Waals surface area contributed by atoms with E-state index in [1.165, 1.54) is 7.11 Å². The number of hydrogen-bond acceptors (Lipinski definition) is 4. The summed E-state index contributed by atoms with van der Waals surface area (Å²) in [6, 6.07) is 3.84. The van der Waals surface area contributed by atoms with Crippen molar-refractivity contribution in [2.24, 2.45) is 0 Å². The van der Waals surface area contributed by atoms with Gasteiger partial charge in [0.15, 0.2) is 4.67 Å². The summed E-state index contributed by atoms with van der Waals surface area (Å²) in [5, 5.41) is 3.22. The minimum Gasteiger partial charge on any atom is -0.468 e. The number of ether oxygens (including phenoxy) is 1. The SMILES string of the molecule is COC(=O)C1(C)CC(c2ccc(Br)o2)CCN1. The molecule has 0 spiro atoms. The van der Waals surface area contributed by atoms with Crippen LogP contribution in [0.15, 0.2) is 21.2 Å². The number of rotatable bonds is 2. The Labute approximate surface area is 109 Å². The van der Waals surface area contributed by atoms with E-state index in [9.17, 15) is 4.79 Å². The summed E-state index contributed by atoms with van der Waals surface area (Å²) in [6.07, 6.45) is 1.66. The van der Waals surface area contributed by atoms with E-state index in [0.717, 1.165) is 23.4 Å². The van der Waals surface area contributed by atoms with Gasteiger partial charge in [-0.25, -0.2) is 0 Å². The Kier molecular flexibility index (Phi) is 3.58. The molecule has 1 aliphatic heterocycles. The van der Waals surface area contributed by atoms with E-state index in [0.29, 0.717) is 6.42 Å². The highest BCUT2D eigenvalue weighted by Gasteiger charge is 2.40. The first kappa shape index (κ1) is 12.6. The summed E-state index contributed by atoms with van der Waals surface area (Å²) in [5.41, 5.74) is -0.614. The van der Waals surface area contributed by atoms with E-state index in [1.807, 2.05) is 19.1 Å². The van der Waals surface area contributed by atoms with Crippen LogP contribution in [0.25, 0.3) is 0 Å². The Hall–Kier alpha value is -0.810. The van der Waals surface area contributed by atoms with E-state index < -0.39 is 5.54 Å². The van der Waals surface area contributed by atoms with Crippen molar-refractivity contribution in [2.75, 3.05) is 13.7 Å². The molecule has 94 valence electrons. The number of halogens is 1. The van der Waals surface area contributed by atoms with Crippen LogP contribution in [0.2, 0.25) is 0 Å². The van der Waals surface area contributed by atoms with Crippen LogP contribution in [0.3, 0.4) is 0 Å². The fraction of sp³-hybridized carbons (Fsp3) is 0.583. The molecule has 0 radical (unpaired) electrons. The molecule has 0 saturated carbocycles. The van der Waals surface area contributed by atoms with Crippen molar-refractivity contribution in [3.05, 3.63) is 22.6 Å². The Balaban J connectivity index is 2.14. The number of furan rings is 1. The zero-order chi connectivity index (χ0) is 12.5. The van der Waals surface area contributed by atoms with E-state index in [-0.39, 0.29) is 11.9 Å². The predicted molar refractivity (Wildman–Crippen MR) is 66.8 cm³/mol. The third kappa shape index (κ3) is 2.55. The smallest absolute Gasteiger partial charge is 0.325 e. The number of carbonyl (C=O) groups is 1. The molecular weight excluding hydrogens is 286 g/mol. The molecule has 1 N–H and O–H groups in total. The maximum atomic E-state index is 11.7. The Morgan fingerprint density at radius 3 is 3.00 bits per heavy atom. The van der Waals surface area contributed by atoms with Gasteiger partial charge in [0.2, 0.25) is 0 Å². The van der Waals surface area contributed by atoms with Gasteiger partial charge in [-0.05, 0) is 54.4 Å². The molecule has 2 atom stereocenters. The largest absolute Gasteiger partial charge is 0.468 e. The van der Waals surface area contributed by atoms with Crippen molar-refractivity contribution in [1.29, 1.82) is 0 Å². The number of carbonyl (C=O) groups excluding carboxylic acids is 1. The van der Waals surface area contributed by atoms with E-state index in [2.05, 4.69) is 21.2 Å². The average Bonchev–Trinajstić information content (AvgIpc) is 2.75. The fourth-order valence-corrected chi connectivity index (χ4v) is 2.68. The van der Waals surface area contributed by atoms with Crippen LogP contribution in [-0.4, -0.2) is 25.2 Å².